The standard InChI is InChI=1S/C23H18ClNO4S/c25-21-13-11-17(12-14-21)20-15-22(18-7-3-1-4-8-18)30(29-24(26,27)28)23(16-20)19-9-5-2-6-10-19/h1-16H,25H2. The van der Waals surface area contributed by atoms with Crippen molar-refractivity contribution in [2.24, 2.45) is 0 Å². The molecule has 4 rings (SSSR count). The highest BCUT2D eigenvalue weighted by atomic mass is 35.7. The molecule has 1 heterocycles. The van der Waals surface area contributed by atoms with Gasteiger partial charge < -0.3 is 5.73 Å². The van der Waals surface area contributed by atoms with Gasteiger partial charge in [0.1, 0.15) is 14.5 Å². The van der Waals surface area contributed by atoms with E-state index in [-0.39, 0.29) is 0 Å². The van der Waals surface area contributed by atoms with Crippen LogP contribution in [0.3, 0.4) is 0 Å². The second-order valence-corrected chi connectivity index (χ2v) is 9.21. The Morgan fingerprint density at radius 2 is 1.23 bits per heavy atom. The minimum atomic E-state index is -4.63. The van der Waals surface area contributed by atoms with Crippen LogP contribution in [0.1, 0.15) is 16.7 Å². The molecule has 1 aliphatic heterocycles. The van der Waals surface area contributed by atoms with Gasteiger partial charge in [-0.3, -0.25) is 0 Å². The molecule has 0 bridgehead atoms. The molecule has 0 radical (unpaired) electrons. The average molecular weight is 440 g/mol. The number of allylic oxidation sites excluding steroid dienone is 3. The lowest BCUT2D eigenvalue weighted by Gasteiger charge is -2.22. The number of anilines is 1. The minimum Gasteiger partial charge on any atom is -0.399 e. The van der Waals surface area contributed by atoms with Crippen molar-refractivity contribution in [2.45, 2.75) is 0 Å². The Balaban J connectivity index is 1.97. The number of nitrogen functional groups attached to an aromatic ring is 1. The second-order valence-electron chi connectivity index (χ2n) is 6.54. The third kappa shape index (κ3) is 4.71. The fourth-order valence-corrected chi connectivity index (χ4v) is 5.69. The molecule has 152 valence electrons. The van der Waals surface area contributed by atoms with Gasteiger partial charge in [-0.2, -0.15) is 14.0 Å². The maximum absolute atomic E-state index is 11.6. The van der Waals surface area contributed by atoms with Crippen LogP contribution in [0.2, 0.25) is 0 Å². The van der Waals surface area contributed by atoms with E-state index >= 15 is 0 Å². The summed E-state index contributed by atoms with van der Waals surface area (Å²) in [5.41, 5.74) is 9.79. The van der Waals surface area contributed by atoms with Crippen molar-refractivity contribution in [1.29, 1.82) is 0 Å². The van der Waals surface area contributed by atoms with E-state index in [2.05, 4.69) is 0 Å². The zero-order chi connectivity index (χ0) is 21.1. The predicted octanol–water partition coefficient (Wildman–Crippen LogP) is 2.03. The topological polar surface area (TPSA) is 104 Å². The predicted molar refractivity (Wildman–Crippen MR) is 112 cm³/mol. The summed E-state index contributed by atoms with van der Waals surface area (Å²) in [4.78, 5) is 1.21. The van der Waals surface area contributed by atoms with Crippen LogP contribution < -0.4 is 19.7 Å². The van der Waals surface area contributed by atoms with Crippen LogP contribution >= 0.6 is 10.8 Å². The molecule has 0 saturated carbocycles. The van der Waals surface area contributed by atoms with E-state index in [1.54, 1.807) is 12.1 Å². The summed E-state index contributed by atoms with van der Waals surface area (Å²) in [5.74, 6) is 0. The quantitative estimate of drug-likeness (QED) is 0.483. The van der Waals surface area contributed by atoms with Gasteiger partial charge in [-0.25, -0.2) is 0 Å². The molecule has 1 atom stereocenters. The van der Waals surface area contributed by atoms with Gasteiger partial charge in [0.2, 0.25) is 0 Å². The average Bonchev–Trinajstić information content (AvgIpc) is 2.75. The second kappa shape index (κ2) is 8.57. The van der Waals surface area contributed by atoms with Crippen molar-refractivity contribution >= 4 is 31.8 Å². The summed E-state index contributed by atoms with van der Waals surface area (Å²) in [7, 11) is -6.06. The molecule has 7 heteroatoms. The van der Waals surface area contributed by atoms with Crippen LogP contribution in [0.5, 0.6) is 0 Å². The molecule has 3 aromatic rings. The van der Waals surface area contributed by atoms with Crippen molar-refractivity contribution in [3.63, 3.8) is 0 Å². The highest BCUT2D eigenvalue weighted by Gasteiger charge is 2.31. The lowest BCUT2D eigenvalue weighted by molar-refractivity contribution is -1.91. The first-order chi connectivity index (χ1) is 14.4. The summed E-state index contributed by atoms with van der Waals surface area (Å²) < 4.78 is 39.8. The fourth-order valence-electron chi connectivity index (χ4n) is 3.12. The maximum Gasteiger partial charge on any atom is 0.148 e. The zero-order valence-electron chi connectivity index (χ0n) is 15.7. The molecular formula is C23H18ClNO4S. The summed E-state index contributed by atoms with van der Waals surface area (Å²) >= 11 is 0. The zero-order valence-corrected chi connectivity index (χ0v) is 17.3. The van der Waals surface area contributed by atoms with Crippen molar-refractivity contribution < 1.29 is 28.0 Å². The lowest BCUT2D eigenvalue weighted by atomic mass is 10.0. The van der Waals surface area contributed by atoms with Gasteiger partial charge in [-0.05, 0) is 46.5 Å². The summed E-state index contributed by atoms with van der Waals surface area (Å²) in [6.45, 7) is 0. The van der Waals surface area contributed by atoms with Gasteiger partial charge in [0.15, 0.2) is 0 Å². The Morgan fingerprint density at radius 3 is 1.80 bits per heavy atom. The van der Waals surface area contributed by atoms with E-state index in [0.29, 0.717) is 15.5 Å². The Morgan fingerprint density at radius 1 is 0.667 bits per heavy atom. The summed E-state index contributed by atoms with van der Waals surface area (Å²) in [5, 5.41) is 0. The number of rotatable bonds is 5. The maximum atomic E-state index is 11.6. The SMILES string of the molecule is Nc1ccc(C2=CC(c3ccccc3)=S(O[Cl+3]([O-])([O-])[O-])C(c3ccccc3)=C2)cc1. The molecular weight excluding hydrogens is 422 g/mol. The molecule has 0 aliphatic carbocycles. The Labute approximate surface area is 179 Å². The molecule has 0 aromatic heterocycles. The molecule has 1 unspecified atom stereocenters. The Hall–Kier alpha value is -2.71. The van der Waals surface area contributed by atoms with Crippen molar-refractivity contribution in [2.75, 3.05) is 5.73 Å². The number of halogens is 1. The highest BCUT2D eigenvalue weighted by molar-refractivity contribution is 8.20. The van der Waals surface area contributed by atoms with Gasteiger partial charge in [-0.15, -0.1) is 0 Å². The molecule has 1 aliphatic rings. The molecule has 0 spiro atoms. The molecule has 0 fully saturated rings. The summed E-state index contributed by atoms with van der Waals surface area (Å²) in [6.07, 6.45) is 3.72. The normalized spacial score (nSPS) is 16.8. The minimum absolute atomic E-state index is 0.607. The van der Waals surface area contributed by atoms with Crippen LogP contribution in [0.25, 0.3) is 10.5 Å². The number of hydrogen-bond acceptors (Lipinski definition) is 5. The van der Waals surface area contributed by atoms with E-state index in [1.165, 1.54) is 0 Å². The van der Waals surface area contributed by atoms with Gasteiger partial charge >= 0.3 is 0 Å². The third-order valence-corrected chi connectivity index (χ3v) is 7.10. The first kappa shape index (κ1) is 20.6. The largest absolute Gasteiger partial charge is 0.399 e. The number of hydrogen-bond donors (Lipinski definition) is 1. The Kier molecular flexibility index (Phi) is 5.87. The Bertz CT molecular complexity index is 1140. The van der Waals surface area contributed by atoms with Crippen LogP contribution in [-0.4, -0.2) is 4.86 Å². The molecule has 0 amide bonds. The molecule has 5 nitrogen and oxygen atoms in total. The van der Waals surface area contributed by atoms with Crippen molar-refractivity contribution in [3.05, 3.63) is 114 Å². The smallest absolute Gasteiger partial charge is 0.148 e. The van der Waals surface area contributed by atoms with Gasteiger partial charge in [0.25, 0.3) is 0 Å². The van der Waals surface area contributed by atoms with Gasteiger partial charge in [0.05, 0.1) is 20.0 Å². The van der Waals surface area contributed by atoms with Gasteiger partial charge in [-0.1, -0.05) is 72.8 Å². The van der Waals surface area contributed by atoms with E-state index < -0.39 is 21.0 Å². The van der Waals surface area contributed by atoms with Crippen LogP contribution in [0, 0.1) is 10.2 Å². The highest BCUT2D eigenvalue weighted by Crippen LogP contribution is 2.44. The van der Waals surface area contributed by atoms with Gasteiger partial charge in [0, 0.05) is 5.69 Å². The van der Waals surface area contributed by atoms with E-state index in [9.17, 15) is 14.0 Å². The van der Waals surface area contributed by atoms with E-state index in [4.69, 9.17) is 9.47 Å². The molecule has 0 saturated heterocycles. The van der Waals surface area contributed by atoms with E-state index in [0.717, 1.165) is 22.3 Å². The first-order valence-corrected chi connectivity index (χ1v) is 11.4. The monoisotopic (exact) mass is 439 g/mol. The lowest BCUT2D eigenvalue weighted by Crippen LogP contribution is -2.60. The summed E-state index contributed by atoms with van der Waals surface area (Å²) in [6, 6.07) is 26.0. The van der Waals surface area contributed by atoms with Crippen molar-refractivity contribution in [1.82, 2.24) is 0 Å². The molecule has 30 heavy (non-hydrogen) atoms. The molecule has 3 aromatic carbocycles. The van der Waals surface area contributed by atoms with Crippen LogP contribution in [0.15, 0.2) is 97.1 Å². The van der Waals surface area contributed by atoms with Crippen LogP contribution in [-0.2, 0) is 3.74 Å². The number of nitrogens with two attached hydrogens (primary N) is 1. The molecule has 2 N–H and O–H groups in total. The fraction of sp³-hybridized carbons (Fsp3) is 0. The number of benzene rings is 3. The third-order valence-electron chi connectivity index (χ3n) is 4.47. The first-order valence-electron chi connectivity index (χ1n) is 9.03. The van der Waals surface area contributed by atoms with Crippen LogP contribution in [0.4, 0.5) is 5.69 Å². The van der Waals surface area contributed by atoms with Crippen molar-refractivity contribution in [3.8, 4) is 0 Å². The van der Waals surface area contributed by atoms with E-state index in [1.807, 2.05) is 84.9 Å².